The summed E-state index contributed by atoms with van der Waals surface area (Å²) in [5.41, 5.74) is 2.58. The number of carbonyl (C=O) groups is 1. The maximum Gasteiger partial charge on any atom is 0.146 e. The van der Waals surface area contributed by atoms with Gasteiger partial charge in [-0.05, 0) is 25.0 Å². The number of rotatable bonds is 2. The summed E-state index contributed by atoms with van der Waals surface area (Å²) in [5.74, 6) is 3.32. The van der Waals surface area contributed by atoms with Gasteiger partial charge in [0.1, 0.15) is 17.6 Å². The fourth-order valence-electron chi connectivity index (χ4n) is 2.61. The van der Waals surface area contributed by atoms with Crippen LogP contribution in [0.25, 0.3) is 0 Å². The molecule has 0 saturated carbocycles. The summed E-state index contributed by atoms with van der Waals surface area (Å²) in [4.78, 5) is 11.6. The van der Waals surface area contributed by atoms with Crippen LogP contribution in [0.3, 0.4) is 0 Å². The molecule has 1 fully saturated rings. The number of hydrogen-bond donors (Lipinski definition) is 0. The van der Waals surface area contributed by atoms with Crippen molar-refractivity contribution in [2.45, 2.75) is 25.9 Å². The van der Waals surface area contributed by atoms with Crippen molar-refractivity contribution in [3.05, 3.63) is 29.3 Å². The summed E-state index contributed by atoms with van der Waals surface area (Å²) in [6, 6.07) is 6.33. The van der Waals surface area contributed by atoms with Crippen LogP contribution in [0.4, 0.5) is 0 Å². The van der Waals surface area contributed by atoms with Crippen LogP contribution in [0.5, 0.6) is 5.75 Å². The third kappa shape index (κ3) is 2.21. The molecule has 0 amide bonds. The second-order valence-corrected chi connectivity index (χ2v) is 6.00. The number of carbonyl (C=O) groups excluding carboxylic acids is 1. The second kappa shape index (κ2) is 4.37. The number of aryl methyl sites for hydroxylation is 1. The van der Waals surface area contributed by atoms with Crippen LogP contribution >= 0.6 is 11.8 Å². The number of ether oxygens (including phenoxy) is 1. The smallest absolute Gasteiger partial charge is 0.146 e. The molecule has 3 heteroatoms. The Kier molecular flexibility index (Phi) is 2.87. The molecule has 1 aromatic carbocycles. The van der Waals surface area contributed by atoms with Crippen molar-refractivity contribution in [2.24, 2.45) is 5.92 Å². The van der Waals surface area contributed by atoms with Gasteiger partial charge in [-0.15, -0.1) is 0 Å². The molecule has 3 rings (SSSR count). The summed E-state index contributed by atoms with van der Waals surface area (Å²) < 4.78 is 5.91. The van der Waals surface area contributed by atoms with E-state index in [4.69, 9.17) is 4.74 Å². The zero-order chi connectivity index (χ0) is 11.8. The van der Waals surface area contributed by atoms with E-state index in [-0.39, 0.29) is 12.0 Å². The van der Waals surface area contributed by atoms with Crippen molar-refractivity contribution in [1.29, 1.82) is 0 Å². The maximum atomic E-state index is 11.6. The fourth-order valence-corrected chi connectivity index (χ4v) is 3.77. The first-order chi connectivity index (χ1) is 8.22. The normalized spacial score (nSPS) is 27.0. The predicted molar refractivity (Wildman–Crippen MR) is 69.7 cm³/mol. The Morgan fingerprint density at radius 2 is 2.35 bits per heavy atom. The minimum absolute atomic E-state index is 0.208. The molecule has 2 atom stereocenters. The summed E-state index contributed by atoms with van der Waals surface area (Å²) in [6.07, 6.45) is 2.06. The second-order valence-electron chi connectivity index (χ2n) is 4.97. The lowest BCUT2D eigenvalue weighted by Gasteiger charge is -2.13. The Hall–Kier alpha value is -0.960. The molecule has 17 heavy (non-hydrogen) atoms. The Labute approximate surface area is 106 Å². The molecule has 2 heterocycles. The first kappa shape index (κ1) is 11.1. The van der Waals surface area contributed by atoms with Gasteiger partial charge in [0.15, 0.2) is 0 Å². The van der Waals surface area contributed by atoms with E-state index in [1.807, 2.05) is 0 Å². The molecule has 2 aliphatic rings. The van der Waals surface area contributed by atoms with E-state index in [0.717, 1.165) is 24.3 Å². The zero-order valence-corrected chi connectivity index (χ0v) is 10.8. The topological polar surface area (TPSA) is 26.3 Å². The lowest BCUT2D eigenvalue weighted by Crippen LogP contribution is -2.22. The SMILES string of the molecule is Cc1ccc2c(c1)CC(CC1CSCC1=O)O2. The van der Waals surface area contributed by atoms with Gasteiger partial charge in [0.25, 0.3) is 0 Å². The maximum absolute atomic E-state index is 11.6. The summed E-state index contributed by atoms with van der Waals surface area (Å²) in [5, 5.41) is 0. The molecule has 0 radical (unpaired) electrons. The molecule has 0 N–H and O–H groups in total. The van der Waals surface area contributed by atoms with E-state index in [1.54, 1.807) is 11.8 Å². The van der Waals surface area contributed by atoms with Gasteiger partial charge in [0.2, 0.25) is 0 Å². The minimum atomic E-state index is 0.208. The average molecular weight is 248 g/mol. The Balaban J connectivity index is 1.68. The van der Waals surface area contributed by atoms with Gasteiger partial charge in [0, 0.05) is 18.1 Å². The number of thioether (sulfide) groups is 1. The number of hydrogen-bond acceptors (Lipinski definition) is 3. The van der Waals surface area contributed by atoms with E-state index >= 15 is 0 Å². The Bertz CT molecular complexity index is 456. The Morgan fingerprint density at radius 3 is 3.12 bits per heavy atom. The van der Waals surface area contributed by atoms with Crippen LogP contribution < -0.4 is 4.74 Å². The summed E-state index contributed by atoms with van der Waals surface area (Å²) >= 11 is 1.75. The summed E-state index contributed by atoms with van der Waals surface area (Å²) in [7, 11) is 0. The standard InChI is InChI=1S/C14H16O2S/c1-9-2-3-14-10(4-9)5-12(16-14)6-11-7-17-8-13(11)15/h2-4,11-12H,5-8H2,1H3. The quantitative estimate of drug-likeness (QED) is 0.805. The molecule has 0 bridgehead atoms. The average Bonchev–Trinajstić information content (AvgIpc) is 2.85. The number of benzene rings is 1. The molecule has 2 nitrogen and oxygen atoms in total. The largest absolute Gasteiger partial charge is 0.490 e. The lowest BCUT2D eigenvalue weighted by atomic mass is 9.97. The van der Waals surface area contributed by atoms with Gasteiger partial charge in [-0.2, -0.15) is 11.8 Å². The molecule has 0 aliphatic carbocycles. The monoisotopic (exact) mass is 248 g/mol. The molecule has 90 valence electrons. The highest BCUT2D eigenvalue weighted by Crippen LogP contribution is 2.34. The highest BCUT2D eigenvalue weighted by molar-refractivity contribution is 8.00. The van der Waals surface area contributed by atoms with Gasteiger partial charge in [-0.1, -0.05) is 17.7 Å². The van der Waals surface area contributed by atoms with E-state index in [9.17, 15) is 4.79 Å². The minimum Gasteiger partial charge on any atom is -0.490 e. The van der Waals surface area contributed by atoms with Crippen LogP contribution in [0, 0.1) is 12.8 Å². The lowest BCUT2D eigenvalue weighted by molar-refractivity contribution is -0.119. The van der Waals surface area contributed by atoms with Gasteiger partial charge >= 0.3 is 0 Å². The molecule has 1 saturated heterocycles. The zero-order valence-electron chi connectivity index (χ0n) is 9.94. The van der Waals surface area contributed by atoms with Crippen LogP contribution in [0.15, 0.2) is 18.2 Å². The van der Waals surface area contributed by atoms with Gasteiger partial charge < -0.3 is 4.74 Å². The van der Waals surface area contributed by atoms with Crippen molar-refractivity contribution in [1.82, 2.24) is 0 Å². The van der Waals surface area contributed by atoms with Gasteiger partial charge in [-0.25, -0.2) is 0 Å². The number of Topliss-reactive ketones (excluding diaryl/α,β-unsaturated/α-hetero) is 1. The highest BCUT2D eigenvalue weighted by Gasteiger charge is 2.31. The van der Waals surface area contributed by atoms with Crippen molar-refractivity contribution >= 4 is 17.5 Å². The van der Waals surface area contributed by atoms with E-state index in [2.05, 4.69) is 25.1 Å². The van der Waals surface area contributed by atoms with Crippen molar-refractivity contribution < 1.29 is 9.53 Å². The summed E-state index contributed by atoms with van der Waals surface area (Å²) in [6.45, 7) is 2.10. The highest BCUT2D eigenvalue weighted by atomic mass is 32.2. The van der Waals surface area contributed by atoms with Gasteiger partial charge in [0.05, 0.1) is 5.75 Å². The first-order valence-corrected chi connectivity index (χ1v) is 7.24. The third-order valence-electron chi connectivity index (χ3n) is 3.52. The molecular weight excluding hydrogens is 232 g/mol. The van der Waals surface area contributed by atoms with E-state index in [0.29, 0.717) is 11.5 Å². The van der Waals surface area contributed by atoms with Crippen molar-refractivity contribution in [3.63, 3.8) is 0 Å². The fraction of sp³-hybridized carbons (Fsp3) is 0.500. The third-order valence-corrected chi connectivity index (χ3v) is 4.65. The predicted octanol–water partition coefficient (Wildman–Crippen LogP) is 2.62. The van der Waals surface area contributed by atoms with Crippen molar-refractivity contribution in [3.8, 4) is 5.75 Å². The molecule has 2 aliphatic heterocycles. The number of ketones is 1. The molecule has 2 unspecified atom stereocenters. The molecular formula is C14H16O2S. The molecule has 0 spiro atoms. The van der Waals surface area contributed by atoms with Crippen LogP contribution in [0.1, 0.15) is 17.5 Å². The van der Waals surface area contributed by atoms with Gasteiger partial charge in [-0.3, -0.25) is 4.79 Å². The molecule has 1 aromatic rings. The van der Waals surface area contributed by atoms with E-state index in [1.165, 1.54) is 11.1 Å². The first-order valence-electron chi connectivity index (χ1n) is 6.09. The molecule has 0 aromatic heterocycles. The van der Waals surface area contributed by atoms with E-state index < -0.39 is 0 Å². The van der Waals surface area contributed by atoms with Crippen molar-refractivity contribution in [2.75, 3.05) is 11.5 Å². The Morgan fingerprint density at radius 1 is 1.47 bits per heavy atom. The van der Waals surface area contributed by atoms with Crippen LogP contribution in [0.2, 0.25) is 0 Å². The number of fused-ring (bicyclic) bond motifs is 1. The van der Waals surface area contributed by atoms with Crippen LogP contribution in [-0.2, 0) is 11.2 Å². The van der Waals surface area contributed by atoms with Crippen LogP contribution in [-0.4, -0.2) is 23.4 Å².